The molecule has 0 fully saturated rings. The number of esters is 1. The Labute approximate surface area is 144 Å². The predicted octanol–water partition coefficient (Wildman–Crippen LogP) is 4.34. The number of hydrogen-bond donors (Lipinski definition) is 0. The number of benzene rings is 1. The summed E-state index contributed by atoms with van der Waals surface area (Å²) in [6.07, 6.45) is 6.11. The highest BCUT2D eigenvalue weighted by Crippen LogP contribution is 2.25. The van der Waals surface area contributed by atoms with E-state index in [1.165, 1.54) is 7.11 Å². The van der Waals surface area contributed by atoms with E-state index in [1.807, 2.05) is 12.1 Å². The molecule has 122 valence electrons. The molecule has 0 aliphatic heterocycles. The molecule has 1 heterocycles. The van der Waals surface area contributed by atoms with Crippen LogP contribution >= 0.6 is 15.9 Å². The fraction of sp³-hybridized carbons (Fsp3) is 0.353. The first-order valence-electron chi connectivity index (χ1n) is 7.46. The van der Waals surface area contributed by atoms with E-state index in [-0.39, 0.29) is 12.1 Å². The van der Waals surface area contributed by atoms with Crippen molar-refractivity contribution in [1.82, 2.24) is 9.97 Å². The van der Waals surface area contributed by atoms with Gasteiger partial charge in [-0.3, -0.25) is 0 Å². The average molecular weight is 379 g/mol. The molecule has 0 bridgehead atoms. The second-order valence-corrected chi connectivity index (χ2v) is 5.96. The maximum atomic E-state index is 11.5. The van der Waals surface area contributed by atoms with Gasteiger partial charge in [0.25, 0.3) is 0 Å². The van der Waals surface area contributed by atoms with Crippen LogP contribution in [0.1, 0.15) is 48.2 Å². The highest BCUT2D eigenvalue weighted by atomic mass is 79.9. The Bertz CT molecular complexity index is 629. The van der Waals surface area contributed by atoms with Crippen molar-refractivity contribution in [3.63, 3.8) is 0 Å². The predicted molar refractivity (Wildman–Crippen MR) is 90.4 cm³/mol. The maximum absolute atomic E-state index is 11.5. The summed E-state index contributed by atoms with van der Waals surface area (Å²) in [5, 5.41) is 0. The third-order valence-electron chi connectivity index (χ3n) is 3.37. The van der Waals surface area contributed by atoms with Gasteiger partial charge in [-0.25, -0.2) is 14.8 Å². The third kappa shape index (κ3) is 5.03. The summed E-state index contributed by atoms with van der Waals surface area (Å²) in [5.74, 6) is -0.348. The van der Waals surface area contributed by atoms with Crippen LogP contribution in [0.3, 0.4) is 0 Å². The summed E-state index contributed by atoms with van der Waals surface area (Å²) in [6.45, 7) is 2.13. The highest BCUT2D eigenvalue weighted by Gasteiger charge is 2.15. The van der Waals surface area contributed by atoms with E-state index in [0.717, 1.165) is 29.3 Å². The first kappa shape index (κ1) is 17.4. The van der Waals surface area contributed by atoms with Gasteiger partial charge in [0.15, 0.2) is 0 Å². The fourth-order valence-electron chi connectivity index (χ4n) is 2.12. The van der Waals surface area contributed by atoms with E-state index in [0.29, 0.717) is 11.6 Å². The highest BCUT2D eigenvalue weighted by molar-refractivity contribution is 9.10. The number of hydrogen-bond acceptors (Lipinski definition) is 5. The van der Waals surface area contributed by atoms with Gasteiger partial charge in [0.05, 0.1) is 17.1 Å². The minimum absolute atomic E-state index is 0.150. The van der Waals surface area contributed by atoms with Crippen LogP contribution < -0.4 is 4.74 Å². The Kier molecular flexibility index (Phi) is 6.52. The molecule has 0 spiro atoms. The number of carbonyl (C=O) groups excluding carboxylic acids is 1. The van der Waals surface area contributed by atoms with E-state index in [2.05, 4.69) is 32.8 Å². The molecule has 2 rings (SSSR count). The van der Waals surface area contributed by atoms with Crippen LogP contribution in [0.4, 0.5) is 0 Å². The molecular weight excluding hydrogens is 360 g/mol. The van der Waals surface area contributed by atoms with E-state index in [4.69, 9.17) is 9.47 Å². The topological polar surface area (TPSA) is 61.3 Å². The molecule has 0 radical (unpaired) electrons. The molecule has 1 aromatic carbocycles. The van der Waals surface area contributed by atoms with Gasteiger partial charge < -0.3 is 9.47 Å². The number of nitrogens with zero attached hydrogens (tertiary/aromatic N) is 2. The van der Waals surface area contributed by atoms with Gasteiger partial charge in [-0.05, 0) is 46.5 Å². The fourth-order valence-corrected chi connectivity index (χ4v) is 2.33. The molecule has 5 nitrogen and oxygen atoms in total. The molecule has 2 aromatic rings. The van der Waals surface area contributed by atoms with Crippen molar-refractivity contribution in [3.05, 3.63) is 52.3 Å². The first-order valence-corrected chi connectivity index (χ1v) is 8.25. The lowest BCUT2D eigenvalue weighted by Gasteiger charge is -2.18. The second-order valence-electron chi connectivity index (χ2n) is 5.05. The number of carbonyl (C=O) groups is 1. The van der Waals surface area contributed by atoms with Crippen molar-refractivity contribution in [2.45, 2.75) is 32.3 Å². The van der Waals surface area contributed by atoms with Crippen molar-refractivity contribution in [2.24, 2.45) is 0 Å². The van der Waals surface area contributed by atoms with Crippen LogP contribution in [0.2, 0.25) is 0 Å². The molecule has 23 heavy (non-hydrogen) atoms. The molecule has 0 amide bonds. The van der Waals surface area contributed by atoms with Crippen LogP contribution in [-0.2, 0) is 4.74 Å². The minimum atomic E-state index is -0.348. The summed E-state index contributed by atoms with van der Waals surface area (Å²) in [5.41, 5.74) is 1.50. The quantitative estimate of drug-likeness (QED) is 0.670. The molecule has 0 unspecified atom stereocenters. The summed E-state index contributed by atoms with van der Waals surface area (Å²) in [4.78, 5) is 19.8. The van der Waals surface area contributed by atoms with Gasteiger partial charge in [-0.2, -0.15) is 0 Å². The first-order chi connectivity index (χ1) is 11.1. The number of ether oxygens (including phenoxy) is 2. The normalized spacial score (nSPS) is 11.8. The van der Waals surface area contributed by atoms with Crippen molar-refractivity contribution in [3.8, 4) is 6.01 Å². The van der Waals surface area contributed by atoms with Gasteiger partial charge in [-0.15, -0.1) is 0 Å². The molecule has 0 aliphatic carbocycles. The smallest absolute Gasteiger partial charge is 0.337 e. The number of aromatic nitrogens is 2. The zero-order valence-corrected chi connectivity index (χ0v) is 14.7. The standard InChI is InChI=1S/C17H19BrN2O3/c1-3-4-5-15(23-17-19-10-14(18)11-20-17)12-6-8-13(9-7-12)16(21)22-2/h6-11,15H,3-5H2,1-2H3/t15-/m0/s1. The number of methoxy groups -OCH3 is 1. The largest absolute Gasteiger partial charge is 0.465 e. The number of rotatable bonds is 7. The lowest BCUT2D eigenvalue weighted by molar-refractivity contribution is 0.0600. The Morgan fingerprint density at radius 3 is 2.43 bits per heavy atom. The zero-order chi connectivity index (χ0) is 16.7. The summed E-state index contributed by atoms with van der Waals surface area (Å²) >= 11 is 3.30. The Morgan fingerprint density at radius 2 is 1.87 bits per heavy atom. The average Bonchev–Trinajstić information content (AvgIpc) is 2.59. The van der Waals surface area contributed by atoms with Crippen LogP contribution in [0.5, 0.6) is 6.01 Å². The third-order valence-corrected chi connectivity index (χ3v) is 3.78. The van der Waals surface area contributed by atoms with Crippen molar-refractivity contribution in [2.75, 3.05) is 7.11 Å². The van der Waals surface area contributed by atoms with E-state index >= 15 is 0 Å². The molecule has 0 N–H and O–H groups in total. The van der Waals surface area contributed by atoms with Gasteiger partial charge >= 0.3 is 12.0 Å². The van der Waals surface area contributed by atoms with E-state index < -0.39 is 0 Å². The molecule has 0 aliphatic rings. The second kappa shape index (κ2) is 8.62. The van der Waals surface area contributed by atoms with Crippen LogP contribution in [0.25, 0.3) is 0 Å². The summed E-state index contributed by atoms with van der Waals surface area (Å²) in [7, 11) is 1.37. The van der Waals surface area contributed by atoms with Gasteiger partial charge in [-0.1, -0.05) is 25.5 Å². The lowest BCUT2D eigenvalue weighted by atomic mass is 10.0. The molecule has 0 saturated carbocycles. The SMILES string of the molecule is CCCC[C@H](Oc1ncc(Br)cn1)c1ccc(C(=O)OC)cc1. The summed E-state index contributed by atoms with van der Waals surface area (Å²) in [6, 6.07) is 7.58. The lowest BCUT2D eigenvalue weighted by Crippen LogP contribution is -2.10. The zero-order valence-electron chi connectivity index (χ0n) is 13.2. The maximum Gasteiger partial charge on any atom is 0.337 e. The molecule has 1 aromatic heterocycles. The van der Waals surface area contributed by atoms with Gasteiger partial charge in [0.1, 0.15) is 6.10 Å². The van der Waals surface area contributed by atoms with E-state index in [1.54, 1.807) is 24.5 Å². The number of unbranched alkanes of at least 4 members (excludes halogenated alkanes) is 1. The number of halogens is 1. The molecule has 1 atom stereocenters. The van der Waals surface area contributed by atoms with Crippen molar-refractivity contribution >= 4 is 21.9 Å². The molecule has 6 heteroatoms. The molecular formula is C17H19BrN2O3. The van der Waals surface area contributed by atoms with Crippen molar-refractivity contribution in [1.29, 1.82) is 0 Å². The Morgan fingerprint density at radius 1 is 1.22 bits per heavy atom. The van der Waals surface area contributed by atoms with E-state index in [9.17, 15) is 4.79 Å². The summed E-state index contributed by atoms with van der Waals surface area (Å²) < 4.78 is 11.4. The van der Waals surface area contributed by atoms with Crippen LogP contribution in [0.15, 0.2) is 41.1 Å². The monoisotopic (exact) mass is 378 g/mol. The minimum Gasteiger partial charge on any atom is -0.465 e. The Balaban J connectivity index is 2.16. The Hall–Kier alpha value is -1.95. The van der Waals surface area contributed by atoms with Crippen LogP contribution in [-0.4, -0.2) is 23.0 Å². The van der Waals surface area contributed by atoms with Gasteiger partial charge in [0.2, 0.25) is 0 Å². The van der Waals surface area contributed by atoms with Crippen molar-refractivity contribution < 1.29 is 14.3 Å². The molecule has 0 saturated heterocycles. The van der Waals surface area contributed by atoms with Gasteiger partial charge in [0, 0.05) is 12.4 Å². The van der Waals surface area contributed by atoms with Crippen LogP contribution in [0, 0.1) is 0 Å².